The topological polar surface area (TPSA) is 100 Å². The smallest absolute Gasteiger partial charge is 0.266 e. The Labute approximate surface area is 213 Å². The molecule has 0 aliphatic carbocycles. The number of nitriles is 1. The Morgan fingerprint density at radius 1 is 1.08 bits per heavy atom. The highest BCUT2D eigenvalue weighted by molar-refractivity contribution is 6.32. The van der Waals surface area contributed by atoms with E-state index in [9.17, 15) is 19.2 Å². The number of halogens is 2. The van der Waals surface area contributed by atoms with Crippen molar-refractivity contribution in [1.82, 2.24) is 0 Å². The molecule has 3 aromatic carbocycles. The predicted octanol–water partition coefficient (Wildman–Crippen LogP) is 5.67. The molecule has 2 N–H and O–H groups in total. The molecule has 0 bridgehead atoms. The van der Waals surface area contributed by atoms with E-state index in [-0.39, 0.29) is 28.7 Å². The summed E-state index contributed by atoms with van der Waals surface area (Å²) in [6, 6.07) is 15.8. The van der Waals surface area contributed by atoms with Crippen LogP contribution in [0.3, 0.4) is 0 Å². The van der Waals surface area contributed by atoms with E-state index >= 15 is 0 Å². The highest BCUT2D eigenvalue weighted by atomic mass is 35.5. The van der Waals surface area contributed by atoms with Crippen LogP contribution in [0.15, 0.2) is 60.2 Å². The van der Waals surface area contributed by atoms with Crippen LogP contribution in [0, 0.1) is 31.0 Å². The first kappa shape index (κ1) is 26.3. The second-order valence-corrected chi connectivity index (χ2v) is 8.23. The zero-order valence-electron chi connectivity index (χ0n) is 19.8. The number of nitrogens with one attached hydrogen (secondary N) is 2. The Balaban J connectivity index is 1.74. The molecule has 0 aliphatic rings. The summed E-state index contributed by atoms with van der Waals surface area (Å²) >= 11 is 6.35. The first-order chi connectivity index (χ1) is 17.2. The summed E-state index contributed by atoms with van der Waals surface area (Å²) in [6.45, 7) is 3.42. The minimum atomic E-state index is -0.572. The Morgan fingerprint density at radius 2 is 1.81 bits per heavy atom. The molecule has 0 saturated carbocycles. The highest BCUT2D eigenvalue weighted by Gasteiger charge is 2.16. The van der Waals surface area contributed by atoms with Gasteiger partial charge in [-0.3, -0.25) is 9.59 Å². The van der Waals surface area contributed by atoms with Crippen molar-refractivity contribution in [2.24, 2.45) is 0 Å². The molecule has 0 fully saturated rings. The van der Waals surface area contributed by atoms with Gasteiger partial charge in [0, 0.05) is 11.4 Å². The maximum absolute atomic E-state index is 13.0. The Kier molecular flexibility index (Phi) is 8.66. The Morgan fingerprint density at radius 3 is 2.44 bits per heavy atom. The molecule has 0 heterocycles. The molecular weight excluding hydrogens is 485 g/mol. The molecule has 36 heavy (non-hydrogen) atoms. The van der Waals surface area contributed by atoms with Crippen molar-refractivity contribution in [3.05, 3.63) is 87.7 Å². The van der Waals surface area contributed by atoms with Crippen LogP contribution in [0.25, 0.3) is 6.08 Å². The summed E-state index contributed by atoms with van der Waals surface area (Å²) in [7, 11) is 1.39. The van der Waals surface area contributed by atoms with Crippen LogP contribution in [0.4, 0.5) is 15.8 Å². The zero-order valence-corrected chi connectivity index (χ0v) is 20.6. The van der Waals surface area contributed by atoms with Crippen LogP contribution < -0.4 is 20.1 Å². The summed E-state index contributed by atoms with van der Waals surface area (Å²) in [5.74, 6) is -1.16. The number of nitrogens with zero attached hydrogens (tertiary/aromatic N) is 1. The minimum Gasteiger partial charge on any atom is -0.493 e. The van der Waals surface area contributed by atoms with Crippen molar-refractivity contribution < 1.29 is 23.5 Å². The van der Waals surface area contributed by atoms with Crippen molar-refractivity contribution in [1.29, 1.82) is 5.26 Å². The molecule has 0 spiro atoms. The molecule has 9 heteroatoms. The van der Waals surface area contributed by atoms with E-state index in [4.69, 9.17) is 21.1 Å². The maximum atomic E-state index is 13.0. The summed E-state index contributed by atoms with van der Waals surface area (Å²) in [4.78, 5) is 24.9. The highest BCUT2D eigenvalue weighted by Crippen LogP contribution is 2.37. The second kappa shape index (κ2) is 11.9. The average molecular weight is 508 g/mol. The van der Waals surface area contributed by atoms with Gasteiger partial charge < -0.3 is 20.1 Å². The van der Waals surface area contributed by atoms with Gasteiger partial charge in [-0.05, 0) is 73.5 Å². The van der Waals surface area contributed by atoms with Crippen LogP contribution in [0.1, 0.15) is 16.7 Å². The molecule has 0 atom stereocenters. The lowest BCUT2D eigenvalue weighted by molar-refractivity contribution is -0.118. The van der Waals surface area contributed by atoms with Gasteiger partial charge in [0.25, 0.3) is 11.8 Å². The van der Waals surface area contributed by atoms with E-state index in [1.807, 2.05) is 32.0 Å². The molecule has 184 valence electrons. The summed E-state index contributed by atoms with van der Waals surface area (Å²) in [5.41, 5.74) is 3.22. The number of hydrogen-bond acceptors (Lipinski definition) is 5. The van der Waals surface area contributed by atoms with Gasteiger partial charge in [-0.15, -0.1) is 0 Å². The van der Waals surface area contributed by atoms with Crippen LogP contribution in [0.2, 0.25) is 5.02 Å². The van der Waals surface area contributed by atoms with E-state index < -0.39 is 17.6 Å². The quantitative estimate of drug-likeness (QED) is 0.302. The monoisotopic (exact) mass is 507 g/mol. The molecule has 0 saturated heterocycles. The van der Waals surface area contributed by atoms with Gasteiger partial charge in [-0.2, -0.15) is 5.26 Å². The number of aryl methyl sites for hydroxylation is 2. The van der Waals surface area contributed by atoms with E-state index in [0.717, 1.165) is 11.1 Å². The van der Waals surface area contributed by atoms with Crippen LogP contribution in [0.5, 0.6) is 11.5 Å². The van der Waals surface area contributed by atoms with Gasteiger partial charge in [0.05, 0.1) is 12.1 Å². The van der Waals surface area contributed by atoms with Gasteiger partial charge >= 0.3 is 0 Å². The molecule has 7 nitrogen and oxygen atoms in total. The zero-order chi connectivity index (χ0) is 26.2. The molecule has 0 unspecified atom stereocenters. The number of hydrogen-bond donors (Lipinski definition) is 2. The maximum Gasteiger partial charge on any atom is 0.266 e. The van der Waals surface area contributed by atoms with Gasteiger partial charge in [0.1, 0.15) is 17.5 Å². The van der Waals surface area contributed by atoms with Crippen LogP contribution >= 0.6 is 11.6 Å². The lowest BCUT2D eigenvalue weighted by Gasteiger charge is -2.14. The SMILES string of the molecule is COc1cc(/C=C(\C#N)C(=O)Nc2ccc(C)cc2C)cc(Cl)c1OCC(=O)Nc1ccc(F)cc1. The van der Waals surface area contributed by atoms with E-state index in [2.05, 4.69) is 10.6 Å². The normalized spacial score (nSPS) is 10.8. The number of benzene rings is 3. The lowest BCUT2D eigenvalue weighted by Crippen LogP contribution is -2.20. The number of rotatable bonds is 8. The molecule has 2 amide bonds. The fourth-order valence-electron chi connectivity index (χ4n) is 3.29. The third-order valence-corrected chi connectivity index (χ3v) is 5.31. The number of carbonyl (C=O) groups excluding carboxylic acids is 2. The van der Waals surface area contributed by atoms with Crippen molar-refractivity contribution in [3.8, 4) is 17.6 Å². The molecule has 3 rings (SSSR count). The molecule has 0 aliphatic heterocycles. The molecular formula is C27H23ClFN3O4. The summed E-state index contributed by atoms with van der Waals surface area (Å²) in [5, 5.41) is 15.0. The largest absolute Gasteiger partial charge is 0.493 e. The first-order valence-corrected chi connectivity index (χ1v) is 11.1. The van der Waals surface area contributed by atoms with E-state index in [1.54, 1.807) is 6.07 Å². The number of anilines is 2. The summed E-state index contributed by atoms with van der Waals surface area (Å²) < 4.78 is 23.9. The van der Waals surface area contributed by atoms with Gasteiger partial charge in [-0.25, -0.2) is 4.39 Å². The Bertz CT molecular complexity index is 1360. The number of ether oxygens (including phenoxy) is 2. The van der Waals surface area contributed by atoms with Crippen molar-refractivity contribution in [2.75, 3.05) is 24.4 Å². The van der Waals surface area contributed by atoms with Crippen molar-refractivity contribution in [3.63, 3.8) is 0 Å². The van der Waals surface area contributed by atoms with Crippen molar-refractivity contribution in [2.45, 2.75) is 13.8 Å². The van der Waals surface area contributed by atoms with Crippen molar-refractivity contribution >= 4 is 40.9 Å². The first-order valence-electron chi connectivity index (χ1n) is 10.8. The third-order valence-electron chi connectivity index (χ3n) is 5.03. The van der Waals surface area contributed by atoms with E-state index in [0.29, 0.717) is 16.9 Å². The van der Waals surface area contributed by atoms with Gasteiger partial charge in [-0.1, -0.05) is 29.3 Å². The molecule has 0 aromatic heterocycles. The second-order valence-electron chi connectivity index (χ2n) is 7.82. The number of amides is 2. The fraction of sp³-hybridized carbons (Fsp3) is 0.148. The average Bonchev–Trinajstić information content (AvgIpc) is 2.84. The minimum absolute atomic E-state index is 0.113. The lowest BCUT2D eigenvalue weighted by atomic mass is 10.1. The molecule has 0 radical (unpaired) electrons. The molecule has 3 aromatic rings. The number of methoxy groups -OCH3 is 1. The van der Waals surface area contributed by atoms with Gasteiger partial charge in [0.15, 0.2) is 18.1 Å². The predicted molar refractivity (Wildman–Crippen MR) is 137 cm³/mol. The van der Waals surface area contributed by atoms with Crippen LogP contribution in [-0.2, 0) is 9.59 Å². The summed E-state index contributed by atoms with van der Waals surface area (Å²) in [6.07, 6.45) is 1.37. The standard InChI is InChI=1S/C27H23ClFN3O4/c1-16-4-9-23(17(2)10-16)32-27(34)19(14-30)11-18-12-22(28)26(24(13-18)35-3)36-15-25(33)31-21-7-5-20(29)6-8-21/h4-13H,15H2,1-3H3,(H,31,33)(H,32,34)/b19-11+. The van der Waals surface area contributed by atoms with Gasteiger partial charge in [0.2, 0.25) is 0 Å². The third kappa shape index (κ3) is 6.84. The van der Waals surface area contributed by atoms with E-state index in [1.165, 1.54) is 49.6 Å². The fourth-order valence-corrected chi connectivity index (χ4v) is 3.56. The number of carbonyl (C=O) groups is 2. The Hall–Kier alpha value is -4.35. The van der Waals surface area contributed by atoms with Crippen LogP contribution in [-0.4, -0.2) is 25.5 Å².